The maximum atomic E-state index is 12.6. The first kappa shape index (κ1) is 22.2. The van der Waals surface area contributed by atoms with Gasteiger partial charge in [-0.3, -0.25) is 4.79 Å². The van der Waals surface area contributed by atoms with Crippen LogP contribution in [0.2, 0.25) is 0 Å². The fourth-order valence-electron chi connectivity index (χ4n) is 2.61. The van der Waals surface area contributed by atoms with E-state index in [1.54, 1.807) is 12.5 Å². The zero-order valence-corrected chi connectivity index (χ0v) is 17.6. The fraction of sp³-hybridized carbons (Fsp3) is 0.524. The quantitative estimate of drug-likeness (QED) is 0.766. The lowest BCUT2D eigenvalue weighted by atomic mass is 9.79. The van der Waals surface area contributed by atoms with Crippen molar-refractivity contribution in [2.75, 3.05) is 6.54 Å². The molecule has 0 aliphatic heterocycles. The number of aryl methyl sites for hydroxylation is 1. The van der Waals surface area contributed by atoms with Crippen LogP contribution in [0.5, 0.6) is 0 Å². The van der Waals surface area contributed by atoms with Crippen LogP contribution >= 0.6 is 12.4 Å². The molecule has 5 heteroatoms. The van der Waals surface area contributed by atoms with E-state index in [9.17, 15) is 4.79 Å². The first-order valence-electron chi connectivity index (χ1n) is 8.97. The molecule has 4 nitrogen and oxygen atoms in total. The molecule has 2 rings (SSSR count). The summed E-state index contributed by atoms with van der Waals surface area (Å²) in [6, 6.07) is 6.29. The monoisotopic (exact) mass is 377 g/mol. The van der Waals surface area contributed by atoms with E-state index in [4.69, 9.17) is 0 Å². The van der Waals surface area contributed by atoms with Crippen molar-refractivity contribution >= 4 is 18.3 Å². The number of carbonyl (C=O) groups excluding carboxylic acids is 1. The molecule has 0 unspecified atom stereocenters. The van der Waals surface area contributed by atoms with Gasteiger partial charge in [-0.25, -0.2) is 4.98 Å². The second-order valence-electron chi connectivity index (χ2n) is 8.71. The number of imidazole rings is 1. The summed E-state index contributed by atoms with van der Waals surface area (Å²) in [5.74, 6) is 0.00207. The van der Waals surface area contributed by atoms with E-state index in [-0.39, 0.29) is 29.1 Å². The van der Waals surface area contributed by atoms with E-state index in [2.05, 4.69) is 57.9 Å². The maximum Gasteiger partial charge on any atom is 0.251 e. The number of benzene rings is 1. The number of carbonyl (C=O) groups is 1. The van der Waals surface area contributed by atoms with Gasteiger partial charge in [0.15, 0.2) is 0 Å². The molecule has 0 radical (unpaired) electrons. The van der Waals surface area contributed by atoms with Gasteiger partial charge in [-0.1, -0.05) is 47.6 Å². The third-order valence-electron chi connectivity index (χ3n) is 4.37. The summed E-state index contributed by atoms with van der Waals surface area (Å²) in [5, 5.41) is 3.05. The zero-order valence-electron chi connectivity index (χ0n) is 16.8. The van der Waals surface area contributed by atoms with Crippen LogP contribution < -0.4 is 5.32 Å². The Morgan fingerprint density at radius 2 is 1.62 bits per heavy atom. The highest BCUT2D eigenvalue weighted by Crippen LogP contribution is 2.30. The highest BCUT2D eigenvalue weighted by Gasteiger charge is 2.22. The van der Waals surface area contributed by atoms with Crippen molar-refractivity contribution in [3.05, 3.63) is 53.6 Å². The van der Waals surface area contributed by atoms with Crippen LogP contribution in [0.3, 0.4) is 0 Å². The summed E-state index contributed by atoms with van der Waals surface area (Å²) in [6.07, 6.45) is 6.38. The Morgan fingerprint density at radius 3 is 2.08 bits per heavy atom. The molecular weight excluding hydrogens is 346 g/mol. The molecule has 0 aliphatic rings. The van der Waals surface area contributed by atoms with Gasteiger partial charge in [0.25, 0.3) is 5.91 Å². The minimum atomic E-state index is 0. The predicted octanol–water partition coefficient (Wildman–Crippen LogP) is 4.72. The van der Waals surface area contributed by atoms with Gasteiger partial charge in [-0.15, -0.1) is 12.4 Å². The van der Waals surface area contributed by atoms with Crippen LogP contribution in [0.4, 0.5) is 0 Å². The number of hydrogen-bond donors (Lipinski definition) is 1. The molecule has 2 aromatic rings. The third-order valence-corrected chi connectivity index (χ3v) is 4.37. The third kappa shape index (κ3) is 6.17. The normalized spacial score (nSPS) is 11.8. The van der Waals surface area contributed by atoms with Crippen molar-refractivity contribution in [3.8, 4) is 0 Å². The van der Waals surface area contributed by atoms with Crippen molar-refractivity contribution in [1.29, 1.82) is 0 Å². The Bertz CT molecular complexity index is 678. The number of halogens is 1. The molecule has 26 heavy (non-hydrogen) atoms. The molecule has 1 N–H and O–H groups in total. The van der Waals surface area contributed by atoms with Crippen LogP contribution in [0, 0.1) is 0 Å². The molecule has 0 saturated heterocycles. The van der Waals surface area contributed by atoms with Crippen LogP contribution in [-0.2, 0) is 17.4 Å². The molecule has 0 saturated carbocycles. The summed E-state index contributed by atoms with van der Waals surface area (Å²) in [4.78, 5) is 16.7. The number of nitrogens with one attached hydrogen (secondary N) is 1. The fourth-order valence-corrected chi connectivity index (χ4v) is 2.61. The average Bonchev–Trinajstić information content (AvgIpc) is 3.02. The Hall–Kier alpha value is -1.81. The van der Waals surface area contributed by atoms with E-state index >= 15 is 0 Å². The molecular formula is C21H32ClN3O. The van der Waals surface area contributed by atoms with Gasteiger partial charge in [0.05, 0.1) is 6.33 Å². The first-order valence-corrected chi connectivity index (χ1v) is 8.97. The van der Waals surface area contributed by atoms with E-state index in [0.717, 1.165) is 18.5 Å². The van der Waals surface area contributed by atoms with Crippen molar-refractivity contribution < 1.29 is 4.79 Å². The standard InChI is InChI=1S/C21H31N3O.ClH/c1-20(2,3)17-12-16(13-18(14-17)21(4,5)6)19(25)23-8-7-10-24-11-9-22-15-24;/h9,11-15H,7-8,10H2,1-6H3,(H,23,25);1H. The van der Waals surface area contributed by atoms with Crippen molar-refractivity contribution in [1.82, 2.24) is 14.9 Å². The Balaban J connectivity index is 0.00000338. The molecule has 144 valence electrons. The van der Waals surface area contributed by atoms with Gasteiger partial charge in [-0.05, 0) is 40.5 Å². The minimum Gasteiger partial charge on any atom is -0.352 e. The summed E-state index contributed by atoms with van der Waals surface area (Å²) in [5.41, 5.74) is 3.17. The van der Waals surface area contributed by atoms with Crippen LogP contribution in [0.1, 0.15) is 69.4 Å². The Morgan fingerprint density at radius 1 is 1.04 bits per heavy atom. The van der Waals surface area contributed by atoms with E-state index in [0.29, 0.717) is 6.54 Å². The second kappa shape index (κ2) is 8.72. The number of amides is 1. The SMILES string of the molecule is CC(C)(C)c1cc(C(=O)NCCCn2ccnc2)cc(C(C)(C)C)c1.Cl. The summed E-state index contributed by atoms with van der Waals surface area (Å²) in [6.45, 7) is 14.6. The number of rotatable bonds is 5. The lowest BCUT2D eigenvalue weighted by Crippen LogP contribution is -2.27. The zero-order chi connectivity index (χ0) is 18.7. The highest BCUT2D eigenvalue weighted by atomic mass is 35.5. The van der Waals surface area contributed by atoms with Crippen molar-refractivity contribution in [3.63, 3.8) is 0 Å². The predicted molar refractivity (Wildman–Crippen MR) is 110 cm³/mol. The number of nitrogens with zero attached hydrogens (tertiary/aromatic N) is 2. The maximum absolute atomic E-state index is 12.6. The van der Waals surface area contributed by atoms with Crippen molar-refractivity contribution in [2.24, 2.45) is 0 Å². The van der Waals surface area contributed by atoms with Crippen LogP contribution in [0.25, 0.3) is 0 Å². The number of aromatic nitrogens is 2. The lowest BCUT2D eigenvalue weighted by molar-refractivity contribution is 0.0952. The Labute approximate surface area is 163 Å². The molecule has 0 bridgehead atoms. The van der Waals surface area contributed by atoms with E-state index in [1.165, 1.54) is 11.1 Å². The van der Waals surface area contributed by atoms with Gasteiger partial charge >= 0.3 is 0 Å². The molecule has 1 heterocycles. The van der Waals surface area contributed by atoms with Crippen LogP contribution in [0.15, 0.2) is 36.9 Å². The van der Waals surface area contributed by atoms with E-state index in [1.807, 2.05) is 22.9 Å². The second-order valence-corrected chi connectivity index (χ2v) is 8.71. The smallest absolute Gasteiger partial charge is 0.251 e. The summed E-state index contributed by atoms with van der Waals surface area (Å²) >= 11 is 0. The highest BCUT2D eigenvalue weighted by molar-refractivity contribution is 5.94. The molecule has 0 fully saturated rings. The Kier molecular flexibility index (Phi) is 7.45. The van der Waals surface area contributed by atoms with Gasteiger partial charge in [-0.2, -0.15) is 0 Å². The topological polar surface area (TPSA) is 46.9 Å². The largest absolute Gasteiger partial charge is 0.352 e. The van der Waals surface area contributed by atoms with Gasteiger partial charge in [0.1, 0.15) is 0 Å². The molecule has 0 spiro atoms. The van der Waals surface area contributed by atoms with E-state index < -0.39 is 0 Å². The van der Waals surface area contributed by atoms with Gasteiger partial charge in [0, 0.05) is 31.0 Å². The molecule has 1 aromatic heterocycles. The molecule has 1 amide bonds. The number of hydrogen-bond acceptors (Lipinski definition) is 2. The van der Waals surface area contributed by atoms with Gasteiger partial charge in [0.2, 0.25) is 0 Å². The van der Waals surface area contributed by atoms with Crippen LogP contribution in [-0.4, -0.2) is 22.0 Å². The van der Waals surface area contributed by atoms with Crippen molar-refractivity contribution in [2.45, 2.75) is 65.3 Å². The van der Waals surface area contributed by atoms with Gasteiger partial charge < -0.3 is 9.88 Å². The summed E-state index contributed by atoms with van der Waals surface area (Å²) in [7, 11) is 0. The lowest BCUT2D eigenvalue weighted by Gasteiger charge is -2.26. The minimum absolute atomic E-state index is 0. The molecule has 0 aliphatic carbocycles. The average molecular weight is 378 g/mol. The summed E-state index contributed by atoms with van der Waals surface area (Å²) < 4.78 is 2.02. The first-order chi connectivity index (χ1) is 11.6. The molecule has 1 aromatic carbocycles. The molecule has 0 atom stereocenters.